The zero-order valence-electron chi connectivity index (χ0n) is 7.85. The summed E-state index contributed by atoms with van der Waals surface area (Å²) in [5.41, 5.74) is 0. The summed E-state index contributed by atoms with van der Waals surface area (Å²) >= 11 is 0. The lowest BCUT2D eigenvalue weighted by molar-refractivity contribution is -0.138. The smallest absolute Gasteiger partial charge is 0.303 e. The van der Waals surface area contributed by atoms with E-state index in [0.717, 1.165) is 12.8 Å². The van der Waals surface area contributed by atoms with E-state index in [9.17, 15) is 13.2 Å². The number of carbonyl (C=O) groups is 1. The normalized spacial score (nSPS) is 39.6. The van der Waals surface area contributed by atoms with E-state index in [-0.39, 0.29) is 35.7 Å². The number of aliphatic carboxylic acids is 1. The minimum absolute atomic E-state index is 0.106. The molecule has 1 N–H and O–H groups in total. The summed E-state index contributed by atoms with van der Waals surface area (Å²) in [6.07, 6.45) is 1.93. The highest BCUT2D eigenvalue weighted by Gasteiger charge is 2.45. The molecule has 2 rings (SSSR count). The van der Waals surface area contributed by atoms with Gasteiger partial charge in [0.1, 0.15) is 0 Å². The highest BCUT2D eigenvalue weighted by Crippen LogP contribution is 2.44. The molecule has 1 saturated heterocycles. The number of hydrogen-bond donors (Lipinski definition) is 1. The first-order chi connectivity index (χ1) is 6.48. The van der Waals surface area contributed by atoms with Gasteiger partial charge < -0.3 is 5.11 Å². The fraction of sp³-hybridized carbons (Fsp3) is 0.889. The number of hydrogen-bond acceptors (Lipinski definition) is 3. The Labute approximate surface area is 83.2 Å². The third-order valence-corrected chi connectivity index (χ3v) is 5.34. The molecule has 0 spiro atoms. The van der Waals surface area contributed by atoms with Gasteiger partial charge in [0.25, 0.3) is 0 Å². The van der Waals surface area contributed by atoms with Gasteiger partial charge in [-0.15, -0.1) is 0 Å². The Hall–Kier alpha value is -0.580. The molecule has 2 bridgehead atoms. The largest absolute Gasteiger partial charge is 0.481 e. The van der Waals surface area contributed by atoms with Crippen molar-refractivity contribution in [3.8, 4) is 0 Å². The number of sulfone groups is 1. The molecule has 2 fully saturated rings. The van der Waals surface area contributed by atoms with E-state index in [1.54, 1.807) is 0 Å². The molecule has 2 aliphatic rings. The van der Waals surface area contributed by atoms with E-state index in [1.807, 2.05) is 0 Å². The first kappa shape index (κ1) is 9.96. The summed E-state index contributed by atoms with van der Waals surface area (Å²) in [7, 11) is -2.88. The Morgan fingerprint density at radius 1 is 1.21 bits per heavy atom. The lowest BCUT2D eigenvalue weighted by Crippen LogP contribution is -2.35. The van der Waals surface area contributed by atoms with Crippen LogP contribution in [0.1, 0.15) is 19.3 Å². The average molecular weight is 218 g/mol. The van der Waals surface area contributed by atoms with Crippen molar-refractivity contribution in [2.24, 2.45) is 17.8 Å². The van der Waals surface area contributed by atoms with Gasteiger partial charge in [0, 0.05) is 6.42 Å². The molecule has 0 aromatic carbocycles. The van der Waals surface area contributed by atoms with Crippen LogP contribution in [0.4, 0.5) is 0 Å². The Kier molecular flexibility index (Phi) is 2.29. The number of carboxylic acids is 1. The number of fused-ring (bicyclic) bond motifs is 2. The minimum Gasteiger partial charge on any atom is -0.481 e. The second kappa shape index (κ2) is 3.22. The minimum atomic E-state index is -2.88. The third-order valence-electron chi connectivity index (χ3n) is 3.47. The van der Waals surface area contributed by atoms with Gasteiger partial charge in [0.05, 0.1) is 11.5 Å². The first-order valence-corrected chi connectivity index (χ1v) is 6.72. The standard InChI is InChI=1S/C9H14O4S/c10-9(11)3-8-6-1-2-7(8)5-14(12,13)4-6/h6-8H,1-5H2,(H,10,11). The van der Waals surface area contributed by atoms with Crippen molar-refractivity contribution in [2.45, 2.75) is 19.3 Å². The molecule has 0 aromatic heterocycles. The summed E-state index contributed by atoms with van der Waals surface area (Å²) in [4.78, 5) is 10.6. The zero-order valence-corrected chi connectivity index (χ0v) is 8.66. The maximum Gasteiger partial charge on any atom is 0.303 e. The number of carboxylic acid groups (broad SMARTS) is 1. The van der Waals surface area contributed by atoms with E-state index in [2.05, 4.69) is 0 Å². The maximum absolute atomic E-state index is 11.4. The average Bonchev–Trinajstić information content (AvgIpc) is 2.31. The van der Waals surface area contributed by atoms with Crippen LogP contribution in [-0.4, -0.2) is 31.0 Å². The summed E-state index contributed by atoms with van der Waals surface area (Å²) in [6.45, 7) is 0. The highest BCUT2D eigenvalue weighted by molar-refractivity contribution is 7.91. The molecule has 2 atom stereocenters. The van der Waals surface area contributed by atoms with Crippen LogP contribution in [-0.2, 0) is 14.6 Å². The van der Waals surface area contributed by atoms with Crippen LogP contribution in [0.25, 0.3) is 0 Å². The molecular formula is C9H14O4S. The second-order valence-electron chi connectivity index (χ2n) is 4.44. The molecule has 1 saturated carbocycles. The molecule has 0 radical (unpaired) electrons. The van der Waals surface area contributed by atoms with Crippen molar-refractivity contribution in [3.63, 3.8) is 0 Å². The van der Waals surface area contributed by atoms with Crippen LogP contribution in [0, 0.1) is 17.8 Å². The van der Waals surface area contributed by atoms with Gasteiger partial charge >= 0.3 is 5.97 Å². The number of rotatable bonds is 2. The Morgan fingerprint density at radius 3 is 2.14 bits per heavy atom. The second-order valence-corrected chi connectivity index (χ2v) is 6.59. The first-order valence-electron chi connectivity index (χ1n) is 4.90. The van der Waals surface area contributed by atoms with Crippen molar-refractivity contribution in [2.75, 3.05) is 11.5 Å². The molecule has 4 nitrogen and oxygen atoms in total. The monoisotopic (exact) mass is 218 g/mol. The van der Waals surface area contributed by atoms with E-state index >= 15 is 0 Å². The van der Waals surface area contributed by atoms with Gasteiger partial charge in [-0.3, -0.25) is 4.79 Å². The van der Waals surface area contributed by atoms with Crippen molar-refractivity contribution in [1.82, 2.24) is 0 Å². The molecule has 1 aliphatic carbocycles. The topological polar surface area (TPSA) is 71.4 Å². The van der Waals surface area contributed by atoms with Crippen molar-refractivity contribution >= 4 is 15.8 Å². The van der Waals surface area contributed by atoms with Gasteiger partial charge in [0.2, 0.25) is 0 Å². The van der Waals surface area contributed by atoms with Gasteiger partial charge in [-0.2, -0.15) is 0 Å². The Bertz CT molecular complexity index is 326. The predicted molar refractivity (Wildman–Crippen MR) is 50.6 cm³/mol. The highest BCUT2D eigenvalue weighted by atomic mass is 32.2. The summed E-state index contributed by atoms with van der Waals surface area (Å²) in [6, 6.07) is 0. The van der Waals surface area contributed by atoms with Gasteiger partial charge in [0.15, 0.2) is 9.84 Å². The zero-order chi connectivity index (χ0) is 10.3. The van der Waals surface area contributed by atoms with Crippen molar-refractivity contribution < 1.29 is 18.3 Å². The predicted octanol–water partition coefficient (Wildman–Crippen LogP) is 0.532. The van der Waals surface area contributed by atoms with Crippen LogP contribution in [0.15, 0.2) is 0 Å². The van der Waals surface area contributed by atoms with Crippen LogP contribution in [0.2, 0.25) is 0 Å². The van der Waals surface area contributed by atoms with E-state index < -0.39 is 15.8 Å². The Balaban J connectivity index is 2.14. The molecule has 80 valence electrons. The molecule has 1 aliphatic heterocycles. The van der Waals surface area contributed by atoms with Crippen molar-refractivity contribution in [3.05, 3.63) is 0 Å². The molecular weight excluding hydrogens is 204 g/mol. The Morgan fingerprint density at radius 2 is 1.71 bits per heavy atom. The van der Waals surface area contributed by atoms with Crippen LogP contribution >= 0.6 is 0 Å². The molecule has 0 amide bonds. The lowest BCUT2D eigenvalue weighted by atomic mass is 9.88. The molecule has 2 unspecified atom stereocenters. The molecule has 14 heavy (non-hydrogen) atoms. The van der Waals surface area contributed by atoms with Gasteiger partial charge in [-0.05, 0) is 30.6 Å². The molecule has 0 aromatic rings. The molecule has 1 heterocycles. The lowest BCUT2D eigenvalue weighted by Gasteiger charge is -2.28. The summed E-state index contributed by atoms with van der Waals surface area (Å²) in [5, 5.41) is 8.71. The van der Waals surface area contributed by atoms with Gasteiger partial charge in [-0.1, -0.05) is 0 Å². The fourth-order valence-corrected chi connectivity index (χ4v) is 5.18. The maximum atomic E-state index is 11.4. The van der Waals surface area contributed by atoms with E-state index in [0.29, 0.717) is 0 Å². The van der Waals surface area contributed by atoms with Crippen LogP contribution < -0.4 is 0 Å². The van der Waals surface area contributed by atoms with E-state index in [4.69, 9.17) is 5.11 Å². The van der Waals surface area contributed by atoms with Gasteiger partial charge in [-0.25, -0.2) is 8.42 Å². The quantitative estimate of drug-likeness (QED) is 0.734. The summed E-state index contributed by atoms with van der Waals surface area (Å²) < 4.78 is 22.8. The SMILES string of the molecule is O=C(O)CC1C2CCC1CS(=O)(=O)C2. The third kappa shape index (κ3) is 1.78. The van der Waals surface area contributed by atoms with E-state index in [1.165, 1.54) is 0 Å². The summed E-state index contributed by atoms with van der Waals surface area (Å²) in [5.74, 6) is -0.0602. The van der Waals surface area contributed by atoms with Crippen LogP contribution in [0.3, 0.4) is 0 Å². The fourth-order valence-electron chi connectivity index (χ4n) is 2.91. The van der Waals surface area contributed by atoms with Crippen molar-refractivity contribution in [1.29, 1.82) is 0 Å². The molecule has 5 heteroatoms. The van der Waals surface area contributed by atoms with Crippen LogP contribution in [0.5, 0.6) is 0 Å².